The molecule has 1 saturated heterocycles. The first-order valence-corrected chi connectivity index (χ1v) is 10.9. The maximum absolute atomic E-state index is 12.4. The van der Waals surface area contributed by atoms with Gasteiger partial charge in [-0.3, -0.25) is 14.4 Å². The van der Waals surface area contributed by atoms with E-state index >= 15 is 0 Å². The molecule has 2 aromatic rings. The molecule has 0 aliphatic carbocycles. The first kappa shape index (κ1) is 22.3. The quantitative estimate of drug-likeness (QED) is 0.540. The van der Waals surface area contributed by atoms with Crippen molar-refractivity contribution in [2.24, 2.45) is 0 Å². The summed E-state index contributed by atoms with van der Waals surface area (Å²) in [6, 6.07) is 14.0. The van der Waals surface area contributed by atoms with Crippen molar-refractivity contribution < 1.29 is 14.4 Å². The smallest absolute Gasteiger partial charge is 0.253 e. The molecule has 1 aliphatic heterocycles. The van der Waals surface area contributed by atoms with Gasteiger partial charge < -0.3 is 20.9 Å². The number of benzene rings is 2. The van der Waals surface area contributed by atoms with Crippen LogP contribution in [0.3, 0.4) is 0 Å². The molecular weight excluding hydrogens is 392 g/mol. The highest BCUT2D eigenvalue weighted by molar-refractivity contribution is 5.98. The Kier molecular flexibility index (Phi) is 8.04. The molecule has 3 amide bonds. The van der Waals surface area contributed by atoms with Crippen LogP contribution in [0.1, 0.15) is 53.3 Å². The van der Waals surface area contributed by atoms with Crippen LogP contribution in [0, 0.1) is 0 Å². The summed E-state index contributed by atoms with van der Waals surface area (Å²) in [7, 11) is 0. The first-order chi connectivity index (χ1) is 15.1. The fourth-order valence-corrected chi connectivity index (χ4v) is 3.44. The number of hydrogen-bond acceptors (Lipinski definition) is 4. The van der Waals surface area contributed by atoms with E-state index in [0.717, 1.165) is 44.5 Å². The Bertz CT molecular complexity index is 905. The van der Waals surface area contributed by atoms with E-state index in [1.54, 1.807) is 48.5 Å². The first-order valence-electron chi connectivity index (χ1n) is 10.9. The molecule has 0 atom stereocenters. The van der Waals surface area contributed by atoms with Crippen LogP contribution in [-0.4, -0.2) is 48.8 Å². The van der Waals surface area contributed by atoms with Gasteiger partial charge in [0.25, 0.3) is 11.8 Å². The average molecular weight is 423 g/mol. The van der Waals surface area contributed by atoms with Gasteiger partial charge in [0.1, 0.15) is 0 Å². The van der Waals surface area contributed by atoms with E-state index in [4.69, 9.17) is 0 Å². The Hall–Kier alpha value is -3.35. The summed E-state index contributed by atoms with van der Waals surface area (Å²) in [5.41, 5.74) is 2.50. The number of nitrogens with zero attached hydrogens (tertiary/aromatic N) is 1. The van der Waals surface area contributed by atoms with Crippen molar-refractivity contribution in [1.82, 2.24) is 10.2 Å². The van der Waals surface area contributed by atoms with Gasteiger partial charge in [-0.1, -0.05) is 19.4 Å². The molecule has 7 nitrogen and oxygen atoms in total. The largest absolute Gasteiger partial charge is 0.376 e. The highest BCUT2D eigenvalue weighted by Gasteiger charge is 2.19. The van der Waals surface area contributed by atoms with Crippen LogP contribution >= 0.6 is 0 Å². The van der Waals surface area contributed by atoms with Gasteiger partial charge in [0.2, 0.25) is 5.91 Å². The summed E-state index contributed by atoms with van der Waals surface area (Å²) in [5.74, 6) is -0.313. The summed E-state index contributed by atoms with van der Waals surface area (Å²) in [4.78, 5) is 38.7. The molecule has 1 aliphatic rings. The molecule has 2 aromatic carbocycles. The third-order valence-corrected chi connectivity index (χ3v) is 5.20. The Labute approximate surface area is 183 Å². The lowest BCUT2D eigenvalue weighted by molar-refractivity contribution is -0.114. The van der Waals surface area contributed by atoms with E-state index in [-0.39, 0.29) is 24.3 Å². The lowest BCUT2D eigenvalue weighted by Gasteiger charge is -2.15. The number of hydrogen-bond donors (Lipinski definition) is 3. The van der Waals surface area contributed by atoms with Crippen molar-refractivity contribution in [2.75, 3.05) is 36.8 Å². The topological polar surface area (TPSA) is 90.5 Å². The van der Waals surface area contributed by atoms with Crippen molar-refractivity contribution >= 4 is 29.1 Å². The third-order valence-electron chi connectivity index (χ3n) is 5.20. The van der Waals surface area contributed by atoms with E-state index in [1.807, 2.05) is 4.90 Å². The van der Waals surface area contributed by atoms with Crippen LogP contribution in [0.25, 0.3) is 0 Å². The van der Waals surface area contributed by atoms with Crippen molar-refractivity contribution in [1.29, 1.82) is 0 Å². The average Bonchev–Trinajstić information content (AvgIpc) is 3.33. The molecule has 7 heteroatoms. The molecule has 0 aromatic heterocycles. The van der Waals surface area contributed by atoms with Crippen molar-refractivity contribution in [3.8, 4) is 0 Å². The van der Waals surface area contributed by atoms with Gasteiger partial charge in [-0.2, -0.15) is 0 Å². The Morgan fingerprint density at radius 3 is 2.39 bits per heavy atom. The van der Waals surface area contributed by atoms with E-state index in [9.17, 15) is 14.4 Å². The number of anilines is 2. The SMILES string of the molecule is CCCCNC(=O)c1cccc(NC(=O)CNc2ccc(C(=O)N3CCCC3)cc2)c1. The van der Waals surface area contributed by atoms with Crippen LogP contribution in [0.15, 0.2) is 48.5 Å². The van der Waals surface area contributed by atoms with Gasteiger partial charge in [0.15, 0.2) is 0 Å². The van der Waals surface area contributed by atoms with Crippen LogP contribution in [0.2, 0.25) is 0 Å². The second kappa shape index (κ2) is 11.2. The second-order valence-corrected chi connectivity index (χ2v) is 7.67. The summed E-state index contributed by atoms with van der Waals surface area (Å²) in [5, 5.41) is 8.72. The van der Waals surface area contributed by atoms with E-state index in [0.29, 0.717) is 23.4 Å². The predicted octanol–water partition coefficient (Wildman–Crippen LogP) is 3.50. The lowest BCUT2D eigenvalue weighted by atomic mass is 10.1. The number of carbonyl (C=O) groups is 3. The summed E-state index contributed by atoms with van der Waals surface area (Å²) >= 11 is 0. The number of unbranched alkanes of at least 4 members (excludes halogenated alkanes) is 1. The van der Waals surface area contributed by atoms with E-state index < -0.39 is 0 Å². The lowest BCUT2D eigenvalue weighted by Crippen LogP contribution is -2.27. The molecule has 0 saturated carbocycles. The van der Waals surface area contributed by atoms with Crippen LogP contribution < -0.4 is 16.0 Å². The minimum Gasteiger partial charge on any atom is -0.376 e. The molecule has 1 fully saturated rings. The minimum atomic E-state index is -0.222. The maximum atomic E-state index is 12.4. The zero-order valence-corrected chi connectivity index (χ0v) is 17.9. The Morgan fingerprint density at radius 2 is 1.68 bits per heavy atom. The number of carbonyl (C=O) groups excluding carboxylic acids is 3. The monoisotopic (exact) mass is 422 g/mol. The standard InChI is InChI=1S/C24H30N4O3/c1-2-3-13-25-23(30)19-7-6-8-21(16-19)27-22(29)17-26-20-11-9-18(10-12-20)24(31)28-14-4-5-15-28/h6-12,16,26H,2-5,13-15,17H2,1H3,(H,25,30)(H,27,29). The van der Waals surface area contributed by atoms with Gasteiger partial charge >= 0.3 is 0 Å². The molecule has 31 heavy (non-hydrogen) atoms. The number of nitrogens with one attached hydrogen (secondary N) is 3. The van der Waals surface area contributed by atoms with Gasteiger partial charge in [-0.15, -0.1) is 0 Å². The molecule has 1 heterocycles. The fourth-order valence-electron chi connectivity index (χ4n) is 3.44. The highest BCUT2D eigenvalue weighted by atomic mass is 16.2. The fraction of sp³-hybridized carbons (Fsp3) is 0.375. The molecule has 3 rings (SSSR count). The number of amides is 3. The molecular formula is C24H30N4O3. The van der Waals surface area contributed by atoms with Crippen LogP contribution in [-0.2, 0) is 4.79 Å². The molecule has 0 spiro atoms. The summed E-state index contributed by atoms with van der Waals surface area (Å²) in [6.07, 6.45) is 4.07. The van der Waals surface area contributed by atoms with Gasteiger partial charge in [-0.25, -0.2) is 0 Å². The van der Waals surface area contributed by atoms with Crippen molar-refractivity contribution in [3.05, 3.63) is 59.7 Å². The van der Waals surface area contributed by atoms with E-state index in [1.165, 1.54) is 0 Å². The molecule has 3 N–H and O–H groups in total. The molecule has 164 valence electrons. The number of rotatable bonds is 9. The highest BCUT2D eigenvalue weighted by Crippen LogP contribution is 2.16. The van der Waals surface area contributed by atoms with Gasteiger partial charge in [0.05, 0.1) is 6.54 Å². The van der Waals surface area contributed by atoms with E-state index in [2.05, 4.69) is 22.9 Å². The van der Waals surface area contributed by atoms with Gasteiger partial charge in [0, 0.05) is 42.1 Å². The molecule has 0 unspecified atom stereocenters. The molecule has 0 bridgehead atoms. The number of likely N-dealkylation sites (tertiary alicyclic amines) is 1. The van der Waals surface area contributed by atoms with Crippen molar-refractivity contribution in [2.45, 2.75) is 32.6 Å². The minimum absolute atomic E-state index is 0.0559. The normalized spacial score (nSPS) is 13.0. The van der Waals surface area contributed by atoms with Crippen LogP contribution in [0.5, 0.6) is 0 Å². The molecule has 0 radical (unpaired) electrons. The predicted molar refractivity (Wildman–Crippen MR) is 122 cm³/mol. The summed E-state index contributed by atoms with van der Waals surface area (Å²) in [6.45, 7) is 4.42. The van der Waals surface area contributed by atoms with Crippen molar-refractivity contribution in [3.63, 3.8) is 0 Å². The second-order valence-electron chi connectivity index (χ2n) is 7.67. The zero-order chi connectivity index (χ0) is 22.1. The van der Waals surface area contributed by atoms with Crippen LogP contribution in [0.4, 0.5) is 11.4 Å². The third kappa shape index (κ3) is 6.57. The zero-order valence-electron chi connectivity index (χ0n) is 17.9. The summed E-state index contributed by atoms with van der Waals surface area (Å²) < 4.78 is 0. The Morgan fingerprint density at radius 1 is 0.935 bits per heavy atom. The Balaban J connectivity index is 1.48. The van der Waals surface area contributed by atoms with Gasteiger partial charge in [-0.05, 0) is 61.7 Å². The maximum Gasteiger partial charge on any atom is 0.253 e.